The van der Waals surface area contributed by atoms with Crippen molar-refractivity contribution in [3.8, 4) is 5.75 Å². The molecule has 0 N–H and O–H groups in total. The molecule has 0 radical (unpaired) electrons. The van der Waals surface area contributed by atoms with E-state index in [0.29, 0.717) is 32.6 Å². The Labute approximate surface area is 193 Å². The number of hydrogen-bond acceptors (Lipinski definition) is 6. The van der Waals surface area contributed by atoms with Gasteiger partial charge in [-0.15, -0.1) is 0 Å². The van der Waals surface area contributed by atoms with Gasteiger partial charge in [0.2, 0.25) is 5.91 Å². The highest BCUT2D eigenvalue weighted by molar-refractivity contribution is 6.45. The molecule has 1 aliphatic carbocycles. The molecule has 1 aromatic rings. The molecule has 4 rings (SSSR count). The summed E-state index contributed by atoms with van der Waals surface area (Å²) in [6, 6.07) is 7.05. The lowest BCUT2D eigenvalue weighted by atomic mass is 9.97. The lowest BCUT2D eigenvalue weighted by Gasteiger charge is -2.36. The molecule has 0 aromatic heterocycles. The van der Waals surface area contributed by atoms with E-state index in [2.05, 4.69) is 11.0 Å². The van der Waals surface area contributed by atoms with Crippen molar-refractivity contribution in [1.29, 1.82) is 0 Å². The molecule has 2 heterocycles. The largest absolute Gasteiger partial charge is 0.497 e. The van der Waals surface area contributed by atoms with Gasteiger partial charge in [0.15, 0.2) is 0 Å². The second-order valence-corrected chi connectivity index (χ2v) is 8.55. The first-order valence-electron chi connectivity index (χ1n) is 11.5. The molecule has 2 aliphatic heterocycles. The summed E-state index contributed by atoms with van der Waals surface area (Å²) < 4.78 is 5.19. The van der Waals surface area contributed by atoms with Crippen molar-refractivity contribution in [1.82, 2.24) is 14.7 Å². The third-order valence-corrected chi connectivity index (χ3v) is 6.54. The number of anilines is 1. The number of amides is 5. The Hall–Kier alpha value is -3.36. The van der Waals surface area contributed by atoms with Gasteiger partial charge < -0.3 is 14.5 Å². The van der Waals surface area contributed by atoms with Gasteiger partial charge in [-0.05, 0) is 56.4 Å². The van der Waals surface area contributed by atoms with Gasteiger partial charge in [-0.2, -0.15) is 0 Å². The number of rotatable bonds is 7. The summed E-state index contributed by atoms with van der Waals surface area (Å²) in [5, 5.41) is 0. The third kappa shape index (κ3) is 5.02. The first-order valence-corrected chi connectivity index (χ1v) is 11.5. The lowest BCUT2D eigenvalue weighted by molar-refractivity contribution is -0.145. The first-order chi connectivity index (χ1) is 16.0. The zero-order valence-corrected chi connectivity index (χ0v) is 19.0. The van der Waals surface area contributed by atoms with Gasteiger partial charge in [-0.25, -0.2) is 9.69 Å². The monoisotopic (exact) mass is 454 g/mol. The Morgan fingerprint density at radius 1 is 0.939 bits per heavy atom. The Kier molecular flexibility index (Phi) is 6.96. The van der Waals surface area contributed by atoms with Gasteiger partial charge >= 0.3 is 17.8 Å². The summed E-state index contributed by atoms with van der Waals surface area (Å²) >= 11 is 0. The number of imide groups is 2. The van der Waals surface area contributed by atoms with Gasteiger partial charge in [0.05, 0.1) is 7.11 Å². The van der Waals surface area contributed by atoms with Gasteiger partial charge in [0.25, 0.3) is 0 Å². The van der Waals surface area contributed by atoms with E-state index in [1.165, 1.54) is 5.57 Å². The maximum Gasteiger partial charge on any atom is 0.334 e. The van der Waals surface area contributed by atoms with Gasteiger partial charge in [0.1, 0.15) is 12.3 Å². The van der Waals surface area contributed by atoms with Crippen LogP contribution in [0.1, 0.15) is 32.1 Å². The van der Waals surface area contributed by atoms with Gasteiger partial charge in [-0.1, -0.05) is 11.6 Å². The zero-order valence-electron chi connectivity index (χ0n) is 19.0. The van der Waals surface area contributed by atoms with Crippen LogP contribution in [0.2, 0.25) is 0 Å². The molecule has 3 aliphatic rings. The SMILES string of the molecule is COc1ccc(N2CCN(C(=O)CN3C(=O)C(=O)N(CCC4=CCCCC4)C3=O)CC2)cc1. The van der Waals surface area contributed by atoms with Crippen LogP contribution < -0.4 is 9.64 Å². The zero-order chi connectivity index (χ0) is 23.4. The minimum absolute atomic E-state index is 0.181. The minimum Gasteiger partial charge on any atom is -0.497 e. The maximum absolute atomic E-state index is 12.8. The number of benzene rings is 1. The van der Waals surface area contributed by atoms with Crippen molar-refractivity contribution in [2.24, 2.45) is 0 Å². The van der Waals surface area contributed by atoms with E-state index in [1.54, 1.807) is 12.0 Å². The topological polar surface area (TPSA) is 90.5 Å². The molecular weight excluding hydrogens is 424 g/mol. The second kappa shape index (κ2) is 10.1. The summed E-state index contributed by atoms with van der Waals surface area (Å²) in [6.07, 6.45) is 6.99. The van der Waals surface area contributed by atoms with E-state index in [-0.39, 0.29) is 12.5 Å². The third-order valence-electron chi connectivity index (χ3n) is 6.54. The number of carbonyl (C=O) groups is 4. The highest BCUT2D eigenvalue weighted by Gasteiger charge is 2.45. The van der Waals surface area contributed by atoms with Gasteiger partial charge in [0, 0.05) is 38.4 Å². The number of piperazine rings is 1. The highest BCUT2D eigenvalue weighted by Crippen LogP contribution is 2.23. The number of urea groups is 1. The quantitative estimate of drug-likeness (QED) is 0.356. The molecule has 0 unspecified atom stereocenters. The van der Waals surface area contributed by atoms with Crippen molar-refractivity contribution < 1.29 is 23.9 Å². The average Bonchev–Trinajstić information content (AvgIpc) is 3.06. The standard InChI is InChI=1S/C24H30N4O5/c1-33-20-9-7-19(8-10-20)25-13-15-26(16-14-25)21(29)17-28-23(31)22(30)27(24(28)32)12-11-18-5-3-2-4-6-18/h5,7-10H,2-4,6,11-17H2,1H3. The van der Waals surface area contributed by atoms with Crippen LogP contribution in [0.25, 0.3) is 0 Å². The molecular formula is C24H30N4O5. The number of allylic oxidation sites excluding steroid dienone is 1. The van der Waals surface area contributed by atoms with Crippen LogP contribution in [0.15, 0.2) is 35.9 Å². The summed E-state index contributed by atoms with van der Waals surface area (Å²) in [5.74, 6) is -1.29. The number of carbonyl (C=O) groups excluding carboxylic acids is 4. The maximum atomic E-state index is 12.8. The summed E-state index contributed by atoms with van der Waals surface area (Å²) in [4.78, 5) is 55.8. The molecule has 0 bridgehead atoms. The number of nitrogens with zero attached hydrogens (tertiary/aromatic N) is 4. The van der Waals surface area contributed by atoms with E-state index in [0.717, 1.165) is 46.9 Å². The predicted octanol–water partition coefficient (Wildman–Crippen LogP) is 2.03. The van der Waals surface area contributed by atoms with Crippen LogP contribution in [0.3, 0.4) is 0 Å². The molecule has 1 aromatic carbocycles. The molecule has 176 valence electrons. The van der Waals surface area contributed by atoms with Crippen LogP contribution in [0.5, 0.6) is 5.75 Å². The van der Waals surface area contributed by atoms with E-state index in [9.17, 15) is 19.2 Å². The molecule has 0 saturated carbocycles. The fourth-order valence-corrected chi connectivity index (χ4v) is 4.52. The van der Waals surface area contributed by atoms with E-state index >= 15 is 0 Å². The second-order valence-electron chi connectivity index (χ2n) is 8.55. The Morgan fingerprint density at radius 2 is 1.64 bits per heavy atom. The van der Waals surface area contributed by atoms with Crippen molar-refractivity contribution in [3.63, 3.8) is 0 Å². The van der Waals surface area contributed by atoms with Crippen LogP contribution in [-0.2, 0) is 14.4 Å². The molecule has 2 saturated heterocycles. The minimum atomic E-state index is -0.914. The average molecular weight is 455 g/mol. The van der Waals surface area contributed by atoms with Crippen molar-refractivity contribution in [2.75, 3.05) is 51.3 Å². The molecule has 5 amide bonds. The van der Waals surface area contributed by atoms with Crippen molar-refractivity contribution >= 4 is 29.4 Å². The summed E-state index contributed by atoms with van der Waals surface area (Å²) in [7, 11) is 1.62. The summed E-state index contributed by atoms with van der Waals surface area (Å²) in [6.45, 7) is 2.02. The Bertz CT molecular complexity index is 950. The van der Waals surface area contributed by atoms with Crippen LogP contribution >= 0.6 is 0 Å². The predicted molar refractivity (Wildman–Crippen MR) is 122 cm³/mol. The molecule has 9 nitrogen and oxygen atoms in total. The summed E-state index contributed by atoms with van der Waals surface area (Å²) in [5.41, 5.74) is 2.26. The lowest BCUT2D eigenvalue weighted by Crippen LogP contribution is -2.52. The molecule has 33 heavy (non-hydrogen) atoms. The van der Waals surface area contributed by atoms with Gasteiger partial charge in [-0.3, -0.25) is 19.3 Å². The van der Waals surface area contributed by atoms with E-state index in [1.807, 2.05) is 24.3 Å². The number of methoxy groups -OCH3 is 1. The van der Waals surface area contributed by atoms with Crippen LogP contribution in [0, 0.1) is 0 Å². The fraction of sp³-hybridized carbons (Fsp3) is 0.500. The molecule has 0 spiro atoms. The van der Waals surface area contributed by atoms with E-state index < -0.39 is 24.4 Å². The van der Waals surface area contributed by atoms with Crippen molar-refractivity contribution in [2.45, 2.75) is 32.1 Å². The Morgan fingerprint density at radius 3 is 2.27 bits per heavy atom. The van der Waals surface area contributed by atoms with Crippen molar-refractivity contribution in [3.05, 3.63) is 35.9 Å². The normalized spacial score (nSPS) is 19.3. The number of ether oxygens (including phenoxy) is 1. The van der Waals surface area contributed by atoms with E-state index in [4.69, 9.17) is 4.74 Å². The Balaban J connectivity index is 1.29. The molecule has 2 fully saturated rings. The number of hydrogen-bond donors (Lipinski definition) is 0. The fourth-order valence-electron chi connectivity index (χ4n) is 4.52. The van der Waals surface area contributed by atoms with Crippen LogP contribution in [0.4, 0.5) is 10.5 Å². The molecule has 9 heteroatoms. The van der Waals surface area contributed by atoms with Crippen LogP contribution in [-0.4, -0.2) is 84.8 Å². The first kappa shape index (κ1) is 22.8. The smallest absolute Gasteiger partial charge is 0.334 e. The highest BCUT2D eigenvalue weighted by atomic mass is 16.5. The molecule has 0 atom stereocenters.